The number of hydrogen-bond donors (Lipinski definition) is 0. The summed E-state index contributed by atoms with van der Waals surface area (Å²) in [7, 11) is 0. The summed E-state index contributed by atoms with van der Waals surface area (Å²) < 4.78 is 40.6. The summed E-state index contributed by atoms with van der Waals surface area (Å²) in [5.41, 5.74) is 14.2. The lowest BCUT2D eigenvalue weighted by Gasteiger charge is -2.30. The van der Waals surface area contributed by atoms with Gasteiger partial charge in [-0.05, 0) is 129 Å². The van der Waals surface area contributed by atoms with E-state index in [1.54, 1.807) is 11.3 Å². The van der Waals surface area contributed by atoms with Crippen LogP contribution in [0.2, 0.25) is 0 Å². The molecular formula is C74H65N5OS. The van der Waals surface area contributed by atoms with Crippen LogP contribution >= 0.6 is 11.3 Å². The van der Waals surface area contributed by atoms with Crippen molar-refractivity contribution in [3.8, 4) is 56.8 Å². The zero-order chi connectivity index (χ0) is 58.6. The molecule has 0 saturated heterocycles. The molecule has 0 amide bonds. The van der Waals surface area contributed by atoms with Crippen LogP contribution in [0.4, 0.5) is 22.7 Å². The Morgan fingerprint density at radius 3 is 1.84 bits per heavy atom. The van der Waals surface area contributed by atoms with Crippen LogP contribution in [-0.4, -0.2) is 16.2 Å². The van der Waals surface area contributed by atoms with E-state index in [-0.39, 0.29) is 17.0 Å². The predicted molar refractivity (Wildman–Crippen MR) is 342 cm³/mol. The molecule has 4 heterocycles. The van der Waals surface area contributed by atoms with Crippen LogP contribution in [-0.2, 0) is 17.2 Å². The Kier molecular flexibility index (Phi) is 11.7. The third-order valence-corrected chi connectivity index (χ3v) is 16.8. The van der Waals surface area contributed by atoms with Crippen molar-refractivity contribution < 1.29 is 8.85 Å². The number of benzene rings is 9. The number of hydrogen-bond acceptors (Lipinski definition) is 6. The van der Waals surface area contributed by atoms with Gasteiger partial charge in [0, 0.05) is 74.4 Å². The van der Waals surface area contributed by atoms with Gasteiger partial charge in [-0.3, -0.25) is 4.57 Å². The molecule has 0 unspecified atom stereocenters. The topological polar surface area (TPSA) is 57.3 Å². The van der Waals surface area contributed by atoms with Crippen molar-refractivity contribution in [1.82, 2.24) is 9.55 Å². The first-order valence-corrected chi connectivity index (χ1v) is 28.7. The van der Waals surface area contributed by atoms with Gasteiger partial charge in [-0.1, -0.05) is 178 Å². The lowest BCUT2D eigenvalue weighted by atomic mass is 9.82. The molecule has 0 fully saturated rings. The standard InChI is InChI=1S/C74H65N5OS/c1-72(2,3)43-51-38-67(76-45-61(51)49-30-32-52(33-31-49)73(4,5)6)79-64-37-36-58-68-50(44-75)24-18-29-66(68)81-71(58)69(64)57-35-34-56(42-65(57)79)80-55-26-19-25-54(41-55)77-46-78(63-28-17-16-27-62(63)77)70-59(47-20-12-10-13-21-47)39-53(74(7,8)9)40-60(70)48-22-14-11-15-23-48/h10-42,45H,43,46H2,1-9H3/i43D2,45D. The van der Waals surface area contributed by atoms with Gasteiger partial charge in [-0.15, -0.1) is 11.3 Å². The van der Waals surface area contributed by atoms with Crippen LogP contribution in [0.1, 0.15) is 88.7 Å². The minimum absolute atomic E-state index is 0.0171. The van der Waals surface area contributed by atoms with E-state index in [1.165, 1.54) is 16.7 Å². The van der Waals surface area contributed by atoms with Crippen molar-refractivity contribution in [1.29, 1.82) is 5.26 Å². The summed E-state index contributed by atoms with van der Waals surface area (Å²) in [6.07, 6.45) is -1.90. The second kappa shape index (κ2) is 19.7. The highest BCUT2D eigenvalue weighted by atomic mass is 32.1. The van der Waals surface area contributed by atoms with Crippen molar-refractivity contribution in [2.45, 2.75) is 79.5 Å². The summed E-state index contributed by atoms with van der Waals surface area (Å²) in [6.45, 7) is 19.6. The fourth-order valence-corrected chi connectivity index (χ4v) is 12.9. The SMILES string of the molecule is [2H]c1nc(-n2c3cc(Oc4cccc(N5CN(c6c(-c7ccccc7)cc(C(C)(C)C)cc6-c6ccccc6)c6ccccc65)c4)ccc3c3c4sc5cccc(C#N)c5c4ccc32)cc(C([2H])([2H])C(C)(C)C)c1-c1ccc(C(C)(C)C)cc1. The second-order valence-corrected chi connectivity index (χ2v) is 25.5. The Morgan fingerprint density at radius 1 is 0.568 bits per heavy atom. The number of nitriles is 1. The normalized spacial score (nSPS) is 13.7. The van der Waals surface area contributed by atoms with Crippen LogP contribution in [0.15, 0.2) is 206 Å². The highest BCUT2D eigenvalue weighted by Crippen LogP contribution is 2.52. The van der Waals surface area contributed by atoms with Gasteiger partial charge in [-0.25, -0.2) is 4.98 Å². The largest absolute Gasteiger partial charge is 0.457 e. The van der Waals surface area contributed by atoms with Crippen LogP contribution in [0.5, 0.6) is 11.5 Å². The lowest BCUT2D eigenvalue weighted by molar-refractivity contribution is 0.411. The molecule has 0 N–H and O–H groups in total. The second-order valence-electron chi connectivity index (χ2n) is 24.4. The molecule has 3 aromatic heterocycles. The Hall–Kier alpha value is -8.96. The smallest absolute Gasteiger partial charge is 0.137 e. The average Bonchev–Trinajstić information content (AvgIpc) is 1.63. The summed E-state index contributed by atoms with van der Waals surface area (Å²) in [6, 6.07) is 71.8. The molecule has 1 aliphatic heterocycles. The Balaban J connectivity index is 0.952. The van der Waals surface area contributed by atoms with Gasteiger partial charge < -0.3 is 14.5 Å². The van der Waals surface area contributed by atoms with Gasteiger partial charge in [0.15, 0.2) is 0 Å². The molecule has 9 aromatic carbocycles. The summed E-state index contributed by atoms with van der Waals surface area (Å²) in [5, 5.41) is 14.1. The lowest BCUT2D eigenvalue weighted by Crippen LogP contribution is -2.25. The van der Waals surface area contributed by atoms with E-state index in [2.05, 4.69) is 208 Å². The number of ether oxygens (including phenoxy) is 1. The summed E-state index contributed by atoms with van der Waals surface area (Å²) >= 11 is 1.65. The average molecular weight is 1080 g/mol. The monoisotopic (exact) mass is 1070 g/mol. The fourth-order valence-electron chi connectivity index (χ4n) is 11.7. The highest BCUT2D eigenvalue weighted by Gasteiger charge is 2.33. The summed E-state index contributed by atoms with van der Waals surface area (Å²) in [4.78, 5) is 9.94. The molecule has 398 valence electrons. The Bertz CT molecular complexity index is 4550. The third-order valence-electron chi connectivity index (χ3n) is 15.6. The molecule has 0 bridgehead atoms. The molecule has 0 atom stereocenters. The number of pyridine rings is 1. The number of rotatable bonds is 9. The maximum atomic E-state index is 10.3. The molecule has 6 nitrogen and oxygen atoms in total. The van der Waals surface area contributed by atoms with E-state index in [4.69, 9.17) is 9.72 Å². The van der Waals surface area contributed by atoms with E-state index in [1.807, 2.05) is 75.4 Å². The van der Waals surface area contributed by atoms with Gasteiger partial charge in [0.25, 0.3) is 0 Å². The van der Waals surface area contributed by atoms with E-state index in [0.29, 0.717) is 40.7 Å². The molecule has 12 aromatic rings. The molecule has 0 radical (unpaired) electrons. The maximum Gasteiger partial charge on any atom is 0.137 e. The van der Waals surface area contributed by atoms with E-state index >= 15 is 0 Å². The maximum absolute atomic E-state index is 10.3. The minimum atomic E-state index is -1.89. The number of thiophene rings is 1. The number of para-hydroxylation sites is 2. The molecular weight excluding hydrogens is 1010 g/mol. The van der Waals surface area contributed by atoms with Gasteiger partial charge >= 0.3 is 0 Å². The van der Waals surface area contributed by atoms with Crippen molar-refractivity contribution in [3.05, 3.63) is 229 Å². The Labute approximate surface area is 484 Å². The van der Waals surface area contributed by atoms with Crippen LogP contribution in [0, 0.1) is 16.7 Å². The van der Waals surface area contributed by atoms with Crippen molar-refractivity contribution in [2.24, 2.45) is 5.41 Å². The number of anilines is 4. The van der Waals surface area contributed by atoms with Crippen molar-refractivity contribution >= 4 is 76.1 Å². The third kappa shape index (κ3) is 9.38. The van der Waals surface area contributed by atoms with Gasteiger partial charge in [0.2, 0.25) is 0 Å². The highest BCUT2D eigenvalue weighted by molar-refractivity contribution is 7.26. The molecule has 0 spiro atoms. The zero-order valence-electron chi connectivity index (χ0n) is 50.3. The van der Waals surface area contributed by atoms with Gasteiger partial charge in [-0.2, -0.15) is 5.26 Å². The Morgan fingerprint density at radius 2 is 1.19 bits per heavy atom. The number of aromatic nitrogens is 2. The van der Waals surface area contributed by atoms with E-state index < -0.39 is 11.8 Å². The first-order chi connectivity index (χ1) is 40.2. The van der Waals surface area contributed by atoms with Crippen LogP contribution < -0.4 is 14.5 Å². The van der Waals surface area contributed by atoms with E-state index in [9.17, 15) is 9.37 Å². The molecule has 0 saturated carbocycles. The van der Waals surface area contributed by atoms with Crippen molar-refractivity contribution in [2.75, 3.05) is 16.5 Å². The number of fused-ring (bicyclic) bond motifs is 8. The predicted octanol–water partition coefficient (Wildman–Crippen LogP) is 20.6. The molecule has 1 aliphatic rings. The molecule has 0 aliphatic carbocycles. The quantitative estimate of drug-likeness (QED) is 0.144. The summed E-state index contributed by atoms with van der Waals surface area (Å²) in [5.74, 6) is 1.67. The molecule has 13 rings (SSSR count). The van der Waals surface area contributed by atoms with Crippen LogP contribution in [0.3, 0.4) is 0 Å². The minimum Gasteiger partial charge on any atom is -0.457 e. The van der Waals surface area contributed by atoms with Gasteiger partial charge in [0.05, 0.1) is 41.1 Å². The molecule has 81 heavy (non-hydrogen) atoms. The first-order valence-electron chi connectivity index (χ1n) is 29.4. The first kappa shape index (κ1) is 48.0. The fraction of sp³-hybridized carbons (Fsp3) is 0.189. The van der Waals surface area contributed by atoms with Gasteiger partial charge in [0.1, 0.15) is 24.0 Å². The van der Waals surface area contributed by atoms with Crippen LogP contribution in [0.25, 0.3) is 81.2 Å². The number of nitrogens with zero attached hydrogens (tertiary/aromatic N) is 5. The molecule has 7 heteroatoms. The zero-order valence-corrected chi connectivity index (χ0v) is 48.1. The van der Waals surface area contributed by atoms with Crippen molar-refractivity contribution in [3.63, 3.8) is 0 Å². The van der Waals surface area contributed by atoms with E-state index in [0.717, 1.165) is 87.0 Å².